The molecule has 1 aliphatic rings. The van der Waals surface area contributed by atoms with Crippen LogP contribution in [0.15, 0.2) is 46.0 Å². The molecule has 0 unspecified atom stereocenters. The van der Waals surface area contributed by atoms with Gasteiger partial charge in [-0.2, -0.15) is 0 Å². The van der Waals surface area contributed by atoms with E-state index in [1.54, 1.807) is 26.4 Å². The lowest BCUT2D eigenvalue weighted by atomic mass is 10.1. The zero-order valence-corrected chi connectivity index (χ0v) is 17.6. The van der Waals surface area contributed by atoms with Crippen LogP contribution >= 0.6 is 11.8 Å². The van der Waals surface area contributed by atoms with E-state index in [1.165, 1.54) is 18.9 Å². The van der Waals surface area contributed by atoms with Crippen LogP contribution < -0.4 is 19.5 Å². The Morgan fingerprint density at radius 1 is 1.07 bits per heavy atom. The van der Waals surface area contributed by atoms with Crippen LogP contribution in [0.4, 0.5) is 5.69 Å². The molecule has 1 aromatic heterocycles. The second-order valence-electron chi connectivity index (χ2n) is 6.58. The molecule has 156 valence electrons. The van der Waals surface area contributed by atoms with Gasteiger partial charge >= 0.3 is 0 Å². The number of hydrogen-bond donors (Lipinski definition) is 1. The normalized spacial score (nSPS) is 15.7. The number of rotatable bonds is 6. The van der Waals surface area contributed by atoms with E-state index in [2.05, 4.69) is 15.5 Å². The second-order valence-corrected chi connectivity index (χ2v) is 7.73. The summed E-state index contributed by atoms with van der Waals surface area (Å²) in [6.45, 7) is 0. The number of carbonyl (C=O) groups is 1. The van der Waals surface area contributed by atoms with Crippen LogP contribution in [0.2, 0.25) is 0 Å². The molecular formula is C21H21N3O5S. The quantitative estimate of drug-likeness (QED) is 0.635. The highest BCUT2D eigenvalue weighted by atomic mass is 32.2. The molecule has 0 aliphatic carbocycles. The van der Waals surface area contributed by atoms with Gasteiger partial charge < -0.3 is 23.9 Å². The molecule has 9 heteroatoms. The Morgan fingerprint density at radius 3 is 2.50 bits per heavy atom. The molecule has 1 N–H and O–H groups in total. The maximum absolute atomic E-state index is 12.6. The van der Waals surface area contributed by atoms with Gasteiger partial charge in [-0.15, -0.1) is 10.2 Å². The number of benzene rings is 2. The van der Waals surface area contributed by atoms with E-state index < -0.39 is 0 Å². The molecule has 1 atom stereocenters. The Labute approximate surface area is 177 Å². The summed E-state index contributed by atoms with van der Waals surface area (Å²) in [6, 6.07) is 11.3. The summed E-state index contributed by atoms with van der Waals surface area (Å²) in [7, 11) is 4.62. The molecule has 30 heavy (non-hydrogen) atoms. The third-order valence-electron chi connectivity index (χ3n) is 4.80. The highest BCUT2D eigenvalue weighted by Crippen LogP contribution is 2.41. The van der Waals surface area contributed by atoms with E-state index in [0.29, 0.717) is 40.3 Å². The number of methoxy groups -OCH3 is 3. The minimum Gasteiger partial charge on any atom is -0.493 e. The summed E-state index contributed by atoms with van der Waals surface area (Å²) < 4.78 is 21.9. The molecule has 0 saturated heterocycles. The van der Waals surface area contributed by atoms with E-state index in [-0.39, 0.29) is 11.2 Å². The summed E-state index contributed by atoms with van der Waals surface area (Å²) >= 11 is 1.26. The van der Waals surface area contributed by atoms with Crippen molar-refractivity contribution in [2.24, 2.45) is 0 Å². The second kappa shape index (κ2) is 8.66. The first kappa shape index (κ1) is 20.1. The molecule has 8 nitrogen and oxygen atoms in total. The third-order valence-corrected chi connectivity index (χ3v) is 5.91. The van der Waals surface area contributed by atoms with Crippen molar-refractivity contribution >= 4 is 23.4 Å². The lowest BCUT2D eigenvalue weighted by Crippen LogP contribution is -2.23. The van der Waals surface area contributed by atoms with E-state index in [9.17, 15) is 4.79 Å². The predicted molar refractivity (Wildman–Crippen MR) is 112 cm³/mol. The number of aromatic nitrogens is 2. The van der Waals surface area contributed by atoms with Crippen LogP contribution in [0.3, 0.4) is 0 Å². The number of ether oxygens (including phenoxy) is 3. The van der Waals surface area contributed by atoms with Crippen molar-refractivity contribution < 1.29 is 23.4 Å². The highest BCUT2D eigenvalue weighted by molar-refractivity contribution is 8.00. The van der Waals surface area contributed by atoms with Gasteiger partial charge in [0.2, 0.25) is 17.5 Å². The van der Waals surface area contributed by atoms with Gasteiger partial charge in [0.25, 0.3) is 5.22 Å². The smallest absolute Gasteiger partial charge is 0.277 e. The number of nitrogens with one attached hydrogen (secondary N) is 1. The van der Waals surface area contributed by atoms with Crippen LogP contribution in [0.25, 0.3) is 11.5 Å². The molecule has 0 radical (unpaired) electrons. The van der Waals surface area contributed by atoms with E-state index in [0.717, 1.165) is 17.7 Å². The molecule has 0 fully saturated rings. The molecule has 0 bridgehead atoms. The first-order chi connectivity index (χ1) is 14.6. The molecule has 1 amide bonds. The van der Waals surface area contributed by atoms with Crippen LogP contribution in [0.1, 0.15) is 12.0 Å². The summed E-state index contributed by atoms with van der Waals surface area (Å²) in [5.41, 5.74) is 2.61. The summed E-state index contributed by atoms with van der Waals surface area (Å²) in [4.78, 5) is 12.6. The molecule has 1 aliphatic heterocycles. The Bertz CT molecular complexity index is 1040. The van der Waals surface area contributed by atoms with Crippen LogP contribution in [-0.2, 0) is 11.2 Å². The SMILES string of the molecule is COc1cc(-c2nnc(S[C@@H]3CCc4ccccc4NC3=O)o2)cc(OC)c1OC. The number of aryl methyl sites for hydroxylation is 1. The number of hydrogen-bond acceptors (Lipinski definition) is 8. The molecular weight excluding hydrogens is 406 g/mol. The van der Waals surface area contributed by atoms with Crippen LogP contribution in [-0.4, -0.2) is 42.7 Å². The average Bonchev–Trinajstić information content (AvgIpc) is 3.18. The van der Waals surface area contributed by atoms with Crippen LogP contribution in [0.5, 0.6) is 17.2 Å². The number of anilines is 1. The van der Waals surface area contributed by atoms with Gasteiger partial charge in [-0.25, -0.2) is 0 Å². The number of thioether (sulfide) groups is 1. The van der Waals surface area contributed by atoms with E-state index in [4.69, 9.17) is 18.6 Å². The number of amides is 1. The minimum atomic E-state index is -0.328. The van der Waals surface area contributed by atoms with Gasteiger partial charge in [0, 0.05) is 11.3 Å². The van der Waals surface area contributed by atoms with Crippen molar-refractivity contribution in [3.05, 3.63) is 42.0 Å². The number of nitrogens with zero attached hydrogens (tertiary/aromatic N) is 2. The summed E-state index contributed by atoms with van der Waals surface area (Å²) in [6.07, 6.45) is 1.47. The van der Waals surface area contributed by atoms with Gasteiger partial charge in [0.15, 0.2) is 11.5 Å². The van der Waals surface area contributed by atoms with Gasteiger partial charge in [-0.1, -0.05) is 30.0 Å². The predicted octanol–water partition coefficient (Wildman–Crippen LogP) is 3.81. The molecule has 0 spiro atoms. The first-order valence-corrected chi connectivity index (χ1v) is 10.2. The van der Waals surface area contributed by atoms with Crippen molar-refractivity contribution in [2.45, 2.75) is 23.3 Å². The first-order valence-electron chi connectivity index (χ1n) is 9.32. The van der Waals surface area contributed by atoms with Gasteiger partial charge in [-0.05, 0) is 36.6 Å². The zero-order valence-electron chi connectivity index (χ0n) is 16.8. The molecule has 2 heterocycles. The average molecular weight is 427 g/mol. The Hall–Kier alpha value is -3.20. The van der Waals surface area contributed by atoms with Crippen molar-refractivity contribution in [1.29, 1.82) is 0 Å². The number of fused-ring (bicyclic) bond motifs is 1. The standard InChI is InChI=1S/C21H21N3O5S/c1-26-15-10-13(11-16(27-2)18(15)28-3)20-23-24-21(29-20)30-17-9-8-12-6-4-5-7-14(12)22-19(17)25/h4-7,10-11,17H,8-9H2,1-3H3,(H,22,25)/t17-/m1/s1. The monoisotopic (exact) mass is 427 g/mol. The Balaban J connectivity index is 1.54. The van der Waals surface area contributed by atoms with E-state index in [1.807, 2.05) is 24.3 Å². The van der Waals surface area contributed by atoms with Crippen molar-refractivity contribution in [1.82, 2.24) is 10.2 Å². The fourth-order valence-corrected chi connectivity index (χ4v) is 4.16. The Morgan fingerprint density at radius 2 is 1.80 bits per heavy atom. The number of para-hydroxylation sites is 1. The fraction of sp³-hybridized carbons (Fsp3) is 0.286. The minimum absolute atomic E-state index is 0.0718. The molecule has 3 aromatic rings. The van der Waals surface area contributed by atoms with Gasteiger partial charge in [-0.3, -0.25) is 4.79 Å². The lowest BCUT2D eigenvalue weighted by molar-refractivity contribution is -0.115. The molecule has 2 aromatic carbocycles. The molecule has 0 saturated carbocycles. The highest BCUT2D eigenvalue weighted by Gasteiger charge is 2.27. The topological polar surface area (TPSA) is 95.7 Å². The number of carbonyl (C=O) groups excluding carboxylic acids is 1. The van der Waals surface area contributed by atoms with Gasteiger partial charge in [0.1, 0.15) is 0 Å². The summed E-state index contributed by atoms with van der Waals surface area (Å²) in [5.74, 6) is 1.68. The molecule has 4 rings (SSSR count). The van der Waals surface area contributed by atoms with Crippen molar-refractivity contribution in [3.8, 4) is 28.7 Å². The maximum Gasteiger partial charge on any atom is 0.277 e. The van der Waals surface area contributed by atoms with Crippen molar-refractivity contribution in [2.75, 3.05) is 26.6 Å². The maximum atomic E-state index is 12.6. The third kappa shape index (κ3) is 3.93. The summed E-state index contributed by atoms with van der Waals surface area (Å²) in [5, 5.41) is 11.2. The van der Waals surface area contributed by atoms with Crippen molar-refractivity contribution in [3.63, 3.8) is 0 Å². The largest absolute Gasteiger partial charge is 0.493 e. The van der Waals surface area contributed by atoms with Gasteiger partial charge in [0.05, 0.1) is 26.6 Å². The Kier molecular flexibility index (Phi) is 5.80. The van der Waals surface area contributed by atoms with E-state index >= 15 is 0 Å². The fourth-order valence-electron chi connectivity index (χ4n) is 3.30. The zero-order chi connectivity index (χ0) is 21.1. The lowest BCUT2D eigenvalue weighted by Gasteiger charge is -2.12. The van der Waals surface area contributed by atoms with Crippen LogP contribution in [0, 0.1) is 0 Å².